The molecule has 0 unspecified atom stereocenters. The molecule has 4 amide bonds. The quantitative estimate of drug-likeness (QED) is 0.787. The molecule has 28 heavy (non-hydrogen) atoms. The van der Waals surface area contributed by atoms with E-state index in [-0.39, 0.29) is 5.56 Å². The summed E-state index contributed by atoms with van der Waals surface area (Å²) < 4.78 is 38.9. The van der Waals surface area contributed by atoms with E-state index >= 15 is 0 Å². The number of nitrogens with one attached hydrogen (secondary N) is 2. The van der Waals surface area contributed by atoms with Crippen molar-refractivity contribution in [2.24, 2.45) is 0 Å². The van der Waals surface area contributed by atoms with Gasteiger partial charge in [-0.25, -0.2) is 4.79 Å². The van der Waals surface area contributed by atoms with Crippen LogP contribution in [0.5, 0.6) is 0 Å². The summed E-state index contributed by atoms with van der Waals surface area (Å²) in [6.07, 6.45) is -4.59. The molecule has 0 bridgehead atoms. The highest BCUT2D eigenvalue weighted by Gasteiger charge is 2.50. The number of anilines is 1. The van der Waals surface area contributed by atoms with Gasteiger partial charge in [-0.1, -0.05) is 30.3 Å². The summed E-state index contributed by atoms with van der Waals surface area (Å²) in [6, 6.07) is 11.7. The van der Waals surface area contributed by atoms with Crippen LogP contribution in [0.4, 0.5) is 23.7 Å². The van der Waals surface area contributed by atoms with E-state index in [2.05, 4.69) is 10.6 Å². The number of carbonyl (C=O) groups excluding carboxylic acids is 3. The molecule has 9 heteroatoms. The van der Waals surface area contributed by atoms with E-state index < -0.39 is 41.7 Å². The van der Waals surface area contributed by atoms with Crippen LogP contribution in [0.15, 0.2) is 54.6 Å². The van der Waals surface area contributed by atoms with E-state index in [0.717, 1.165) is 18.2 Å². The molecule has 0 spiro atoms. The largest absolute Gasteiger partial charge is 0.416 e. The van der Waals surface area contributed by atoms with Crippen molar-refractivity contribution in [1.29, 1.82) is 0 Å². The molecule has 6 nitrogen and oxygen atoms in total. The minimum Gasteiger partial charge on any atom is -0.325 e. The highest BCUT2D eigenvalue weighted by molar-refractivity contribution is 6.10. The molecule has 2 aromatic rings. The highest BCUT2D eigenvalue weighted by atomic mass is 19.4. The minimum absolute atomic E-state index is 0.0216. The fourth-order valence-corrected chi connectivity index (χ4v) is 2.91. The van der Waals surface area contributed by atoms with Gasteiger partial charge < -0.3 is 10.6 Å². The lowest BCUT2D eigenvalue weighted by Crippen LogP contribution is -2.42. The van der Waals surface area contributed by atoms with Gasteiger partial charge in [0.25, 0.3) is 5.91 Å². The molecule has 1 saturated heterocycles. The van der Waals surface area contributed by atoms with E-state index in [1.54, 1.807) is 30.3 Å². The molecule has 0 radical (unpaired) electrons. The number of amides is 4. The third kappa shape index (κ3) is 3.68. The third-order valence-corrected chi connectivity index (χ3v) is 4.40. The molecule has 146 valence electrons. The Morgan fingerprint density at radius 3 is 2.43 bits per heavy atom. The smallest absolute Gasteiger partial charge is 0.325 e. The fraction of sp³-hybridized carbons (Fsp3) is 0.211. The fourth-order valence-electron chi connectivity index (χ4n) is 2.91. The van der Waals surface area contributed by atoms with Gasteiger partial charge in [-0.2, -0.15) is 13.2 Å². The first-order valence-corrected chi connectivity index (χ1v) is 8.28. The molecule has 1 aliphatic rings. The van der Waals surface area contributed by atoms with E-state index in [9.17, 15) is 27.6 Å². The van der Waals surface area contributed by atoms with Gasteiger partial charge in [-0.05, 0) is 36.8 Å². The highest BCUT2D eigenvalue weighted by Crippen LogP contribution is 2.34. The lowest BCUT2D eigenvalue weighted by molar-refractivity contribution is -0.138. The first-order valence-electron chi connectivity index (χ1n) is 8.28. The van der Waals surface area contributed by atoms with Gasteiger partial charge in [0.05, 0.1) is 5.56 Å². The predicted octanol–water partition coefficient (Wildman–Crippen LogP) is 3.11. The van der Waals surface area contributed by atoms with Gasteiger partial charge in [0.15, 0.2) is 0 Å². The molecular formula is C19H16F3N3O3. The van der Waals surface area contributed by atoms with Crippen molar-refractivity contribution in [2.75, 3.05) is 11.9 Å². The van der Waals surface area contributed by atoms with Crippen molar-refractivity contribution >= 4 is 23.5 Å². The van der Waals surface area contributed by atoms with Crippen molar-refractivity contribution < 1.29 is 27.6 Å². The van der Waals surface area contributed by atoms with Gasteiger partial charge in [-0.15, -0.1) is 0 Å². The number of para-hydroxylation sites is 1. The predicted molar refractivity (Wildman–Crippen MR) is 94.1 cm³/mol. The van der Waals surface area contributed by atoms with Gasteiger partial charge in [0.1, 0.15) is 12.1 Å². The van der Waals surface area contributed by atoms with Crippen molar-refractivity contribution in [1.82, 2.24) is 10.2 Å². The van der Waals surface area contributed by atoms with Gasteiger partial charge in [0.2, 0.25) is 5.91 Å². The van der Waals surface area contributed by atoms with Crippen LogP contribution in [-0.4, -0.2) is 29.3 Å². The SMILES string of the molecule is C[C@]1(c2cccc(C(F)(F)F)c2)NC(=O)N(CC(=O)Nc2ccccc2)C1=O. The summed E-state index contributed by atoms with van der Waals surface area (Å²) in [5.74, 6) is -1.41. The Bertz CT molecular complexity index is 931. The average Bonchev–Trinajstić information content (AvgIpc) is 2.86. The lowest BCUT2D eigenvalue weighted by Gasteiger charge is -2.23. The van der Waals surface area contributed by atoms with Crippen LogP contribution < -0.4 is 10.6 Å². The van der Waals surface area contributed by atoms with Crippen LogP contribution in [0.25, 0.3) is 0 Å². The Labute approximate surface area is 158 Å². The zero-order valence-corrected chi connectivity index (χ0v) is 14.7. The van der Waals surface area contributed by atoms with Crippen molar-refractivity contribution in [3.63, 3.8) is 0 Å². The van der Waals surface area contributed by atoms with E-state index in [1.165, 1.54) is 13.0 Å². The second kappa shape index (κ2) is 6.99. The molecule has 1 fully saturated rings. The summed E-state index contributed by atoms with van der Waals surface area (Å²) in [5, 5.41) is 4.93. The zero-order valence-electron chi connectivity index (χ0n) is 14.7. The number of benzene rings is 2. The molecule has 1 heterocycles. The van der Waals surface area contributed by atoms with Crippen LogP contribution in [-0.2, 0) is 21.3 Å². The van der Waals surface area contributed by atoms with Crippen LogP contribution in [0.1, 0.15) is 18.1 Å². The molecule has 1 aliphatic heterocycles. The monoisotopic (exact) mass is 391 g/mol. The average molecular weight is 391 g/mol. The third-order valence-electron chi connectivity index (χ3n) is 4.40. The molecule has 0 saturated carbocycles. The number of halogens is 3. The maximum Gasteiger partial charge on any atom is 0.416 e. The molecule has 0 aliphatic carbocycles. The first kappa shape index (κ1) is 19.4. The van der Waals surface area contributed by atoms with Crippen LogP contribution >= 0.6 is 0 Å². The molecule has 3 rings (SSSR count). The lowest BCUT2D eigenvalue weighted by atomic mass is 9.90. The Hall–Kier alpha value is -3.36. The first-order chi connectivity index (χ1) is 13.1. The molecule has 2 N–H and O–H groups in total. The topological polar surface area (TPSA) is 78.5 Å². The number of imide groups is 1. The zero-order chi connectivity index (χ0) is 20.5. The summed E-state index contributed by atoms with van der Waals surface area (Å²) >= 11 is 0. The van der Waals surface area contributed by atoms with E-state index in [1.807, 2.05) is 0 Å². The Morgan fingerprint density at radius 1 is 1.11 bits per heavy atom. The number of rotatable bonds is 4. The van der Waals surface area contributed by atoms with Gasteiger partial charge in [-0.3, -0.25) is 14.5 Å². The Balaban J connectivity index is 1.80. The van der Waals surface area contributed by atoms with Crippen molar-refractivity contribution in [3.8, 4) is 0 Å². The summed E-state index contributed by atoms with van der Waals surface area (Å²) in [5.41, 5.74) is -2.17. The standard InChI is InChI=1S/C19H16F3N3O3/c1-18(12-6-5-7-13(10-12)19(20,21)22)16(27)25(17(28)24-18)11-15(26)23-14-8-3-2-4-9-14/h2-10H,11H2,1H3,(H,23,26)(H,24,28)/t18-/m1/s1. The number of carbonyl (C=O) groups is 3. The van der Waals surface area contributed by atoms with E-state index in [0.29, 0.717) is 10.6 Å². The summed E-state index contributed by atoms with van der Waals surface area (Å²) in [7, 11) is 0. The number of alkyl halides is 3. The Kier molecular flexibility index (Phi) is 4.84. The summed E-state index contributed by atoms with van der Waals surface area (Å²) in [6.45, 7) is 0.742. The van der Waals surface area contributed by atoms with Crippen molar-refractivity contribution in [2.45, 2.75) is 18.6 Å². The molecular weight excluding hydrogens is 375 g/mol. The second-order valence-electron chi connectivity index (χ2n) is 6.44. The summed E-state index contributed by atoms with van der Waals surface area (Å²) in [4.78, 5) is 37.8. The van der Waals surface area contributed by atoms with Crippen molar-refractivity contribution in [3.05, 3.63) is 65.7 Å². The molecule has 2 aromatic carbocycles. The maximum absolute atomic E-state index is 13.0. The normalized spacial score (nSPS) is 19.5. The Morgan fingerprint density at radius 2 is 1.79 bits per heavy atom. The number of urea groups is 1. The minimum atomic E-state index is -4.59. The van der Waals surface area contributed by atoms with Crippen LogP contribution in [0, 0.1) is 0 Å². The van der Waals surface area contributed by atoms with Crippen LogP contribution in [0.3, 0.4) is 0 Å². The number of nitrogens with zero attached hydrogens (tertiary/aromatic N) is 1. The molecule has 1 atom stereocenters. The van der Waals surface area contributed by atoms with Crippen LogP contribution in [0.2, 0.25) is 0 Å². The van der Waals surface area contributed by atoms with Gasteiger partial charge >= 0.3 is 12.2 Å². The van der Waals surface area contributed by atoms with E-state index in [4.69, 9.17) is 0 Å². The maximum atomic E-state index is 13.0. The number of hydrogen-bond acceptors (Lipinski definition) is 3. The number of hydrogen-bond donors (Lipinski definition) is 2. The molecule has 0 aromatic heterocycles. The van der Waals surface area contributed by atoms with Gasteiger partial charge in [0, 0.05) is 5.69 Å². The second-order valence-corrected chi connectivity index (χ2v) is 6.44.